The fourth-order valence-electron chi connectivity index (χ4n) is 2.45. The molecule has 0 aliphatic carbocycles. The van der Waals surface area contributed by atoms with E-state index in [1.165, 1.54) is 11.1 Å². The van der Waals surface area contributed by atoms with Crippen LogP contribution in [-0.2, 0) is 0 Å². The number of rotatable bonds is 1. The summed E-state index contributed by atoms with van der Waals surface area (Å²) in [7, 11) is 0. The van der Waals surface area contributed by atoms with Gasteiger partial charge in [-0.15, -0.1) is 0 Å². The van der Waals surface area contributed by atoms with Gasteiger partial charge in [0.25, 0.3) is 0 Å². The first kappa shape index (κ1) is 10.7. The highest BCUT2D eigenvalue weighted by Crippen LogP contribution is 2.25. The van der Waals surface area contributed by atoms with Crippen LogP contribution in [0.4, 0.5) is 0 Å². The predicted molar refractivity (Wildman–Crippen MR) is 63.7 cm³/mol. The van der Waals surface area contributed by atoms with E-state index in [2.05, 4.69) is 43.4 Å². The highest BCUT2D eigenvalue weighted by Gasteiger charge is 2.24. The summed E-state index contributed by atoms with van der Waals surface area (Å²) in [6, 6.07) is 10.00. The Bertz CT molecular complexity index is 325. The van der Waals surface area contributed by atoms with Crippen LogP contribution in [-0.4, -0.2) is 12.1 Å². The summed E-state index contributed by atoms with van der Waals surface area (Å²) in [5.41, 5.74) is 8.74. The van der Waals surface area contributed by atoms with Gasteiger partial charge >= 0.3 is 0 Å². The molecular formula is C13H20N2. The average molecular weight is 204 g/mol. The van der Waals surface area contributed by atoms with Crippen molar-refractivity contribution in [2.45, 2.75) is 44.8 Å². The molecule has 3 N–H and O–H groups in total. The monoisotopic (exact) mass is 204 g/mol. The van der Waals surface area contributed by atoms with Gasteiger partial charge in [-0.05, 0) is 32.3 Å². The zero-order valence-electron chi connectivity index (χ0n) is 9.53. The lowest BCUT2D eigenvalue weighted by atomic mass is 9.90. The van der Waals surface area contributed by atoms with Gasteiger partial charge in [-0.25, -0.2) is 0 Å². The first-order valence-corrected chi connectivity index (χ1v) is 5.73. The maximum Gasteiger partial charge on any atom is 0.0337 e. The molecule has 0 radical (unpaired) electrons. The summed E-state index contributed by atoms with van der Waals surface area (Å²) < 4.78 is 0. The molecule has 0 amide bonds. The number of hydrogen-bond donors (Lipinski definition) is 2. The van der Waals surface area contributed by atoms with Crippen LogP contribution in [0.5, 0.6) is 0 Å². The molecule has 15 heavy (non-hydrogen) atoms. The van der Waals surface area contributed by atoms with Crippen LogP contribution < -0.4 is 11.1 Å². The van der Waals surface area contributed by atoms with Crippen molar-refractivity contribution in [2.75, 3.05) is 0 Å². The van der Waals surface area contributed by atoms with Gasteiger partial charge in [0.1, 0.15) is 0 Å². The molecule has 0 saturated carbocycles. The van der Waals surface area contributed by atoms with Crippen molar-refractivity contribution in [2.24, 2.45) is 5.73 Å². The largest absolute Gasteiger partial charge is 0.328 e. The van der Waals surface area contributed by atoms with Gasteiger partial charge in [0.15, 0.2) is 0 Å². The standard InChI is InChI=1S/C13H20N2/c1-9-4-3-5-11(6-9)13-8-12(14)7-10(2)15-13/h3-6,10,12-13,15H,7-8,14H2,1-2H3/t10-,12-,13-/m0/s1. The van der Waals surface area contributed by atoms with E-state index in [0.717, 1.165) is 12.8 Å². The third-order valence-electron chi connectivity index (χ3n) is 3.12. The molecule has 1 aliphatic rings. The molecule has 1 heterocycles. The minimum absolute atomic E-state index is 0.340. The van der Waals surface area contributed by atoms with E-state index >= 15 is 0 Å². The van der Waals surface area contributed by atoms with Crippen molar-refractivity contribution in [1.82, 2.24) is 5.32 Å². The third kappa shape index (κ3) is 2.58. The molecule has 0 unspecified atom stereocenters. The van der Waals surface area contributed by atoms with Crippen LogP contribution >= 0.6 is 0 Å². The smallest absolute Gasteiger partial charge is 0.0337 e. The molecule has 1 aromatic rings. The minimum Gasteiger partial charge on any atom is -0.328 e. The van der Waals surface area contributed by atoms with E-state index in [1.54, 1.807) is 0 Å². The topological polar surface area (TPSA) is 38.0 Å². The lowest BCUT2D eigenvalue weighted by Gasteiger charge is -2.33. The van der Waals surface area contributed by atoms with E-state index in [0.29, 0.717) is 18.1 Å². The molecule has 2 heteroatoms. The van der Waals surface area contributed by atoms with Crippen molar-refractivity contribution in [3.8, 4) is 0 Å². The maximum absolute atomic E-state index is 6.05. The zero-order valence-corrected chi connectivity index (χ0v) is 9.53. The lowest BCUT2D eigenvalue weighted by Crippen LogP contribution is -2.44. The van der Waals surface area contributed by atoms with Crippen LogP contribution in [0.25, 0.3) is 0 Å². The molecule has 82 valence electrons. The molecule has 1 aromatic carbocycles. The number of hydrogen-bond acceptors (Lipinski definition) is 2. The van der Waals surface area contributed by atoms with E-state index in [-0.39, 0.29) is 0 Å². The quantitative estimate of drug-likeness (QED) is 0.735. The minimum atomic E-state index is 0.340. The number of benzene rings is 1. The molecule has 1 saturated heterocycles. The second kappa shape index (κ2) is 4.33. The molecule has 0 spiro atoms. The van der Waals surface area contributed by atoms with Gasteiger partial charge in [0.05, 0.1) is 0 Å². The third-order valence-corrected chi connectivity index (χ3v) is 3.12. The first-order chi connectivity index (χ1) is 7.15. The zero-order chi connectivity index (χ0) is 10.8. The molecule has 2 nitrogen and oxygen atoms in total. The summed E-state index contributed by atoms with van der Waals surface area (Å²) in [5.74, 6) is 0. The number of piperidine rings is 1. The van der Waals surface area contributed by atoms with Crippen molar-refractivity contribution >= 4 is 0 Å². The van der Waals surface area contributed by atoms with Gasteiger partial charge in [0.2, 0.25) is 0 Å². The molecule has 1 aliphatic heterocycles. The van der Waals surface area contributed by atoms with E-state index < -0.39 is 0 Å². The second-order valence-corrected chi connectivity index (χ2v) is 4.77. The van der Waals surface area contributed by atoms with Crippen LogP contribution in [0.1, 0.15) is 36.9 Å². The molecule has 2 rings (SSSR count). The number of nitrogens with one attached hydrogen (secondary N) is 1. The Morgan fingerprint density at radius 3 is 2.80 bits per heavy atom. The summed E-state index contributed by atoms with van der Waals surface area (Å²) in [4.78, 5) is 0. The molecule has 0 bridgehead atoms. The van der Waals surface area contributed by atoms with Gasteiger partial charge < -0.3 is 11.1 Å². The molecule has 3 atom stereocenters. The van der Waals surface area contributed by atoms with E-state index in [1.807, 2.05) is 0 Å². The second-order valence-electron chi connectivity index (χ2n) is 4.77. The SMILES string of the molecule is Cc1cccc([C@@H]2C[C@@H](N)C[C@H](C)N2)c1. The van der Waals surface area contributed by atoms with Crippen LogP contribution in [0.3, 0.4) is 0 Å². The first-order valence-electron chi connectivity index (χ1n) is 5.73. The van der Waals surface area contributed by atoms with E-state index in [4.69, 9.17) is 5.73 Å². The van der Waals surface area contributed by atoms with Crippen molar-refractivity contribution in [1.29, 1.82) is 0 Å². The maximum atomic E-state index is 6.05. The van der Waals surface area contributed by atoms with Crippen molar-refractivity contribution in [3.63, 3.8) is 0 Å². The van der Waals surface area contributed by atoms with Crippen LogP contribution in [0.15, 0.2) is 24.3 Å². The Labute approximate surface area is 91.9 Å². The Morgan fingerprint density at radius 2 is 2.13 bits per heavy atom. The highest BCUT2D eigenvalue weighted by atomic mass is 15.0. The summed E-state index contributed by atoms with van der Waals surface area (Å²) in [5, 5.41) is 3.61. The van der Waals surface area contributed by atoms with Gasteiger partial charge in [-0.3, -0.25) is 0 Å². The predicted octanol–water partition coefficient (Wildman–Crippen LogP) is 2.14. The number of nitrogens with two attached hydrogens (primary N) is 1. The normalized spacial score (nSPS) is 31.5. The van der Waals surface area contributed by atoms with Crippen molar-refractivity contribution in [3.05, 3.63) is 35.4 Å². The van der Waals surface area contributed by atoms with Crippen LogP contribution in [0, 0.1) is 6.92 Å². The van der Waals surface area contributed by atoms with E-state index in [9.17, 15) is 0 Å². The molecule has 1 fully saturated rings. The summed E-state index contributed by atoms with van der Waals surface area (Å²) in [6.45, 7) is 4.34. The number of aryl methyl sites for hydroxylation is 1. The lowest BCUT2D eigenvalue weighted by molar-refractivity contribution is 0.307. The highest BCUT2D eigenvalue weighted by molar-refractivity contribution is 5.25. The Balaban J connectivity index is 2.16. The van der Waals surface area contributed by atoms with Crippen LogP contribution in [0.2, 0.25) is 0 Å². The molecular weight excluding hydrogens is 184 g/mol. The Kier molecular flexibility index (Phi) is 3.08. The van der Waals surface area contributed by atoms with Gasteiger partial charge in [-0.1, -0.05) is 29.8 Å². The summed E-state index contributed by atoms with van der Waals surface area (Å²) in [6.07, 6.45) is 2.14. The average Bonchev–Trinajstić information content (AvgIpc) is 2.16. The van der Waals surface area contributed by atoms with Gasteiger partial charge in [0, 0.05) is 18.1 Å². The van der Waals surface area contributed by atoms with Gasteiger partial charge in [-0.2, -0.15) is 0 Å². The van der Waals surface area contributed by atoms with Crippen molar-refractivity contribution < 1.29 is 0 Å². The molecule has 0 aromatic heterocycles. The Morgan fingerprint density at radius 1 is 1.33 bits per heavy atom. The fourth-order valence-corrected chi connectivity index (χ4v) is 2.45. The fraction of sp³-hybridized carbons (Fsp3) is 0.538. The Hall–Kier alpha value is -0.860. The summed E-state index contributed by atoms with van der Waals surface area (Å²) >= 11 is 0.